The molecule has 128 valence electrons. The summed E-state index contributed by atoms with van der Waals surface area (Å²) >= 11 is 0.989. The molecule has 24 heavy (non-hydrogen) atoms. The Morgan fingerprint density at radius 3 is 2.58 bits per heavy atom. The van der Waals surface area contributed by atoms with Crippen LogP contribution >= 0.6 is 11.8 Å². The molecular weight excluding hydrogens is 352 g/mol. The zero-order chi connectivity index (χ0) is 17.7. The van der Waals surface area contributed by atoms with E-state index in [0.717, 1.165) is 16.1 Å². The van der Waals surface area contributed by atoms with Gasteiger partial charge in [0.2, 0.25) is 10.0 Å². The van der Waals surface area contributed by atoms with Gasteiger partial charge in [0.25, 0.3) is 0 Å². The van der Waals surface area contributed by atoms with Crippen LogP contribution in [0, 0.1) is 0 Å². The number of aliphatic carboxylic acids is 1. The van der Waals surface area contributed by atoms with Gasteiger partial charge >= 0.3 is 5.97 Å². The molecule has 0 aliphatic rings. The van der Waals surface area contributed by atoms with E-state index in [2.05, 4.69) is 9.97 Å². The second-order valence-electron chi connectivity index (χ2n) is 4.80. The number of thioether (sulfide) groups is 1. The van der Waals surface area contributed by atoms with E-state index >= 15 is 0 Å². The molecule has 0 spiro atoms. The molecule has 1 aromatic heterocycles. The Hall–Kier alpha value is -2.17. The molecule has 0 radical (unpaired) electrons. The van der Waals surface area contributed by atoms with Crippen LogP contribution in [0.25, 0.3) is 0 Å². The molecular formula is C14H16N4O4S2. The molecule has 1 heterocycles. The molecule has 10 heteroatoms. The van der Waals surface area contributed by atoms with Crippen LogP contribution in [-0.4, -0.2) is 46.6 Å². The van der Waals surface area contributed by atoms with Crippen molar-refractivity contribution in [2.24, 2.45) is 0 Å². The summed E-state index contributed by atoms with van der Waals surface area (Å²) in [7, 11) is -2.26. The highest BCUT2D eigenvalue weighted by Crippen LogP contribution is 2.19. The monoisotopic (exact) mass is 368 g/mol. The van der Waals surface area contributed by atoms with Gasteiger partial charge in [0, 0.05) is 13.1 Å². The molecule has 2 aromatic rings. The third-order valence-electron chi connectivity index (χ3n) is 2.93. The molecule has 0 unspecified atom stereocenters. The quantitative estimate of drug-likeness (QED) is 0.548. The molecule has 0 aliphatic heterocycles. The second-order valence-corrected chi connectivity index (χ2v) is 7.84. The van der Waals surface area contributed by atoms with Crippen molar-refractivity contribution in [1.82, 2.24) is 14.3 Å². The van der Waals surface area contributed by atoms with Crippen molar-refractivity contribution in [2.75, 3.05) is 18.5 Å². The number of hydrogen-bond donors (Lipinski definition) is 2. The number of anilines is 1. The summed E-state index contributed by atoms with van der Waals surface area (Å²) in [6.45, 7) is -0.0805. The van der Waals surface area contributed by atoms with Gasteiger partial charge in [0.1, 0.15) is 16.7 Å². The fourth-order valence-electron chi connectivity index (χ4n) is 1.83. The molecule has 0 amide bonds. The van der Waals surface area contributed by atoms with Crippen LogP contribution < -0.4 is 5.73 Å². The maximum absolute atomic E-state index is 12.5. The molecule has 1 aromatic carbocycles. The molecule has 0 fully saturated rings. The topological polar surface area (TPSA) is 126 Å². The van der Waals surface area contributed by atoms with Gasteiger partial charge in [0.15, 0.2) is 0 Å². The zero-order valence-electron chi connectivity index (χ0n) is 12.8. The number of nitrogens with zero attached hydrogens (tertiary/aromatic N) is 3. The highest BCUT2D eigenvalue weighted by Gasteiger charge is 2.21. The lowest BCUT2D eigenvalue weighted by atomic mass is 10.4. The number of aromatic nitrogens is 2. The van der Waals surface area contributed by atoms with Gasteiger partial charge in [-0.3, -0.25) is 4.79 Å². The Bertz CT molecular complexity index is 828. The van der Waals surface area contributed by atoms with Crippen LogP contribution in [0.3, 0.4) is 0 Å². The maximum Gasteiger partial charge on any atom is 0.313 e. The minimum Gasteiger partial charge on any atom is -0.481 e. The first-order valence-electron chi connectivity index (χ1n) is 6.78. The molecule has 0 saturated carbocycles. The van der Waals surface area contributed by atoms with Crippen molar-refractivity contribution in [3.05, 3.63) is 42.2 Å². The predicted octanol–water partition coefficient (Wildman–Crippen LogP) is 1.06. The van der Waals surface area contributed by atoms with Crippen molar-refractivity contribution in [2.45, 2.75) is 16.5 Å². The van der Waals surface area contributed by atoms with E-state index < -0.39 is 16.0 Å². The minimum atomic E-state index is -3.68. The van der Waals surface area contributed by atoms with Crippen molar-refractivity contribution >= 4 is 33.6 Å². The first kappa shape index (κ1) is 18.2. The Morgan fingerprint density at radius 1 is 1.29 bits per heavy atom. The van der Waals surface area contributed by atoms with Crippen LogP contribution in [0.15, 0.2) is 46.3 Å². The fourth-order valence-corrected chi connectivity index (χ4v) is 3.62. The summed E-state index contributed by atoms with van der Waals surface area (Å²) < 4.78 is 26.1. The Kier molecular flexibility index (Phi) is 5.75. The summed E-state index contributed by atoms with van der Waals surface area (Å²) in [5, 5.41) is 9.09. The normalized spacial score (nSPS) is 11.6. The number of nitrogens with two attached hydrogens (primary N) is 1. The Balaban J connectivity index is 2.19. The van der Waals surface area contributed by atoms with E-state index in [4.69, 9.17) is 10.8 Å². The standard InChI is InChI=1S/C14H16N4O4S2/c1-18(24(21,22)10-5-3-2-4-6-10)8-12-16-11(15)7-13(17-12)23-9-14(19)20/h2-7H,8-9H2,1H3,(H,19,20)(H2,15,16,17). The molecule has 0 saturated heterocycles. The lowest BCUT2D eigenvalue weighted by molar-refractivity contribution is -0.133. The summed E-state index contributed by atoms with van der Waals surface area (Å²) in [6, 6.07) is 9.45. The van der Waals surface area contributed by atoms with Crippen LogP contribution in [0.5, 0.6) is 0 Å². The van der Waals surface area contributed by atoms with Crippen molar-refractivity contribution in [1.29, 1.82) is 0 Å². The number of nitrogen functional groups attached to an aromatic ring is 1. The molecule has 2 rings (SSSR count). The number of rotatable bonds is 7. The average Bonchev–Trinajstić information content (AvgIpc) is 2.53. The second kappa shape index (κ2) is 7.60. The summed E-state index contributed by atoms with van der Waals surface area (Å²) in [5.41, 5.74) is 5.68. The predicted molar refractivity (Wildman–Crippen MR) is 89.9 cm³/mol. The maximum atomic E-state index is 12.5. The van der Waals surface area contributed by atoms with Crippen LogP contribution in [-0.2, 0) is 21.4 Å². The Labute approximate surface area is 143 Å². The lowest BCUT2D eigenvalue weighted by Crippen LogP contribution is -2.27. The molecule has 3 N–H and O–H groups in total. The van der Waals surface area contributed by atoms with Gasteiger partial charge < -0.3 is 10.8 Å². The highest BCUT2D eigenvalue weighted by atomic mass is 32.2. The molecule has 0 aliphatic carbocycles. The zero-order valence-corrected chi connectivity index (χ0v) is 14.4. The fraction of sp³-hybridized carbons (Fsp3) is 0.214. The van der Waals surface area contributed by atoms with E-state index in [1.54, 1.807) is 18.2 Å². The molecule has 0 atom stereocenters. The number of carboxylic acids is 1. The molecule has 0 bridgehead atoms. The summed E-state index contributed by atoms with van der Waals surface area (Å²) in [4.78, 5) is 19.0. The van der Waals surface area contributed by atoms with Gasteiger partial charge in [0.05, 0.1) is 17.2 Å². The Morgan fingerprint density at radius 2 is 1.96 bits per heavy atom. The van der Waals surface area contributed by atoms with E-state index in [1.165, 1.54) is 25.2 Å². The first-order chi connectivity index (χ1) is 11.3. The summed E-state index contributed by atoms with van der Waals surface area (Å²) in [6.07, 6.45) is 0. The van der Waals surface area contributed by atoms with Crippen LogP contribution in [0.1, 0.15) is 5.82 Å². The number of sulfonamides is 1. The van der Waals surface area contributed by atoms with Crippen molar-refractivity contribution in [3.8, 4) is 0 Å². The van der Waals surface area contributed by atoms with Gasteiger partial charge in [-0.2, -0.15) is 4.31 Å². The van der Waals surface area contributed by atoms with Crippen LogP contribution in [0.2, 0.25) is 0 Å². The number of benzene rings is 1. The number of carbonyl (C=O) groups is 1. The average molecular weight is 368 g/mol. The molecule has 8 nitrogen and oxygen atoms in total. The van der Waals surface area contributed by atoms with E-state index in [1.807, 2.05) is 0 Å². The van der Waals surface area contributed by atoms with Crippen molar-refractivity contribution in [3.63, 3.8) is 0 Å². The largest absolute Gasteiger partial charge is 0.481 e. The SMILES string of the molecule is CN(Cc1nc(N)cc(SCC(=O)O)n1)S(=O)(=O)c1ccccc1. The van der Waals surface area contributed by atoms with Gasteiger partial charge in [-0.15, -0.1) is 0 Å². The van der Waals surface area contributed by atoms with Gasteiger partial charge in [-0.1, -0.05) is 30.0 Å². The smallest absolute Gasteiger partial charge is 0.313 e. The van der Waals surface area contributed by atoms with E-state index in [0.29, 0.717) is 5.03 Å². The lowest BCUT2D eigenvalue weighted by Gasteiger charge is -2.16. The first-order valence-corrected chi connectivity index (χ1v) is 9.21. The minimum absolute atomic E-state index is 0.0805. The third-order valence-corrected chi connectivity index (χ3v) is 5.64. The van der Waals surface area contributed by atoms with Gasteiger partial charge in [-0.05, 0) is 12.1 Å². The van der Waals surface area contributed by atoms with E-state index in [9.17, 15) is 13.2 Å². The van der Waals surface area contributed by atoms with Gasteiger partial charge in [-0.25, -0.2) is 18.4 Å². The van der Waals surface area contributed by atoms with Crippen molar-refractivity contribution < 1.29 is 18.3 Å². The third kappa shape index (κ3) is 4.66. The number of carboxylic acid groups (broad SMARTS) is 1. The van der Waals surface area contributed by atoms with Crippen LogP contribution in [0.4, 0.5) is 5.82 Å². The van der Waals surface area contributed by atoms with E-state index in [-0.39, 0.29) is 28.8 Å². The number of hydrogen-bond acceptors (Lipinski definition) is 7. The highest BCUT2D eigenvalue weighted by molar-refractivity contribution is 7.99. The summed E-state index contributed by atoms with van der Waals surface area (Å²) in [5.74, 6) is -0.806.